The summed E-state index contributed by atoms with van der Waals surface area (Å²) in [4.78, 5) is 10.9. The van der Waals surface area contributed by atoms with Crippen molar-refractivity contribution in [1.29, 1.82) is 0 Å². The van der Waals surface area contributed by atoms with E-state index in [-0.39, 0.29) is 5.56 Å². The van der Waals surface area contributed by atoms with Crippen molar-refractivity contribution in [2.24, 2.45) is 5.73 Å². The number of nitrogens with zero attached hydrogens (tertiary/aromatic N) is 1. The number of primary amides is 1. The summed E-state index contributed by atoms with van der Waals surface area (Å²) in [6, 6.07) is 5.97. The monoisotopic (exact) mass is 243 g/mol. The molecule has 1 amide bonds. The fraction of sp³-hybridized carbons (Fsp3) is 0.222. The molecule has 0 radical (unpaired) electrons. The van der Waals surface area contributed by atoms with E-state index in [2.05, 4.69) is 4.72 Å². The lowest BCUT2D eigenvalue weighted by Crippen LogP contribution is -2.29. The van der Waals surface area contributed by atoms with Crippen LogP contribution in [0, 0.1) is 0 Å². The quantitative estimate of drug-likeness (QED) is 0.779. The Balaban J connectivity index is 2.99. The SMILES string of the molecule is CN(C)S(=O)(=O)Nc1cccc(C(N)=O)c1. The van der Waals surface area contributed by atoms with E-state index < -0.39 is 16.1 Å². The molecule has 0 aliphatic carbocycles. The molecule has 0 heterocycles. The number of carbonyl (C=O) groups is 1. The number of hydrogen-bond donors (Lipinski definition) is 2. The maximum atomic E-state index is 11.5. The van der Waals surface area contributed by atoms with Crippen LogP contribution in [0.2, 0.25) is 0 Å². The van der Waals surface area contributed by atoms with Gasteiger partial charge in [-0.05, 0) is 18.2 Å². The number of carbonyl (C=O) groups excluding carboxylic acids is 1. The summed E-state index contributed by atoms with van der Waals surface area (Å²) in [6.45, 7) is 0. The van der Waals surface area contributed by atoms with E-state index in [1.807, 2.05) is 0 Å². The number of nitrogens with two attached hydrogens (primary N) is 1. The predicted octanol–water partition coefficient (Wildman–Crippen LogP) is 0.00380. The highest BCUT2D eigenvalue weighted by atomic mass is 32.2. The molecule has 0 saturated heterocycles. The fourth-order valence-electron chi connectivity index (χ4n) is 0.976. The third-order valence-corrected chi connectivity index (χ3v) is 3.33. The molecule has 1 aromatic carbocycles. The summed E-state index contributed by atoms with van der Waals surface area (Å²) >= 11 is 0. The normalized spacial score (nSPS) is 11.4. The summed E-state index contributed by atoms with van der Waals surface area (Å²) in [5, 5.41) is 0. The minimum Gasteiger partial charge on any atom is -0.366 e. The van der Waals surface area contributed by atoms with Crippen LogP contribution in [0.25, 0.3) is 0 Å². The van der Waals surface area contributed by atoms with Gasteiger partial charge in [0, 0.05) is 19.7 Å². The summed E-state index contributed by atoms with van der Waals surface area (Å²) in [7, 11) is -0.756. The molecular weight excluding hydrogens is 230 g/mol. The van der Waals surface area contributed by atoms with Crippen molar-refractivity contribution in [2.75, 3.05) is 18.8 Å². The van der Waals surface area contributed by atoms with Gasteiger partial charge in [0.2, 0.25) is 5.91 Å². The Bertz CT molecular complexity index is 496. The van der Waals surface area contributed by atoms with E-state index in [0.717, 1.165) is 4.31 Å². The molecule has 88 valence electrons. The number of benzene rings is 1. The van der Waals surface area contributed by atoms with E-state index in [4.69, 9.17) is 5.73 Å². The van der Waals surface area contributed by atoms with Crippen molar-refractivity contribution in [1.82, 2.24) is 4.31 Å². The zero-order chi connectivity index (χ0) is 12.3. The highest BCUT2D eigenvalue weighted by molar-refractivity contribution is 7.90. The number of anilines is 1. The largest absolute Gasteiger partial charge is 0.366 e. The third kappa shape index (κ3) is 2.94. The van der Waals surface area contributed by atoms with Gasteiger partial charge in [-0.15, -0.1) is 0 Å². The number of hydrogen-bond acceptors (Lipinski definition) is 3. The van der Waals surface area contributed by atoms with Gasteiger partial charge in [-0.25, -0.2) is 0 Å². The van der Waals surface area contributed by atoms with Gasteiger partial charge < -0.3 is 5.73 Å². The van der Waals surface area contributed by atoms with E-state index in [1.165, 1.54) is 32.3 Å². The van der Waals surface area contributed by atoms with Crippen LogP contribution in [0.1, 0.15) is 10.4 Å². The summed E-state index contributed by atoms with van der Waals surface area (Å²) in [6.07, 6.45) is 0. The topological polar surface area (TPSA) is 92.5 Å². The second-order valence-corrected chi connectivity index (χ2v) is 5.22. The predicted molar refractivity (Wildman–Crippen MR) is 61.2 cm³/mol. The molecule has 0 bridgehead atoms. The lowest BCUT2D eigenvalue weighted by molar-refractivity contribution is 0.100. The standard InChI is InChI=1S/C9H13N3O3S/c1-12(2)16(14,15)11-8-5-3-4-7(6-8)9(10)13/h3-6,11H,1-2H3,(H2,10,13). The first kappa shape index (κ1) is 12.5. The van der Waals surface area contributed by atoms with Crippen LogP contribution in [-0.2, 0) is 10.2 Å². The fourth-order valence-corrected chi connectivity index (χ4v) is 1.58. The van der Waals surface area contributed by atoms with Gasteiger partial charge in [-0.3, -0.25) is 9.52 Å². The van der Waals surface area contributed by atoms with Crippen LogP contribution in [0.15, 0.2) is 24.3 Å². The summed E-state index contributed by atoms with van der Waals surface area (Å²) in [5.74, 6) is -0.606. The van der Waals surface area contributed by atoms with Crippen molar-refractivity contribution in [3.63, 3.8) is 0 Å². The van der Waals surface area contributed by atoms with Crippen molar-refractivity contribution in [2.45, 2.75) is 0 Å². The Labute approximate surface area is 94.2 Å². The van der Waals surface area contributed by atoms with E-state index in [0.29, 0.717) is 5.69 Å². The highest BCUT2D eigenvalue weighted by Crippen LogP contribution is 2.12. The molecule has 0 aliphatic rings. The number of rotatable bonds is 4. The van der Waals surface area contributed by atoms with Gasteiger partial charge in [-0.2, -0.15) is 12.7 Å². The molecule has 16 heavy (non-hydrogen) atoms. The zero-order valence-electron chi connectivity index (χ0n) is 8.97. The van der Waals surface area contributed by atoms with Crippen molar-refractivity contribution >= 4 is 21.8 Å². The number of nitrogens with one attached hydrogen (secondary N) is 1. The van der Waals surface area contributed by atoms with Gasteiger partial charge in [0.1, 0.15) is 0 Å². The molecular formula is C9H13N3O3S. The molecule has 0 spiro atoms. The van der Waals surface area contributed by atoms with Crippen molar-refractivity contribution in [3.8, 4) is 0 Å². The van der Waals surface area contributed by atoms with E-state index >= 15 is 0 Å². The van der Waals surface area contributed by atoms with Crippen molar-refractivity contribution in [3.05, 3.63) is 29.8 Å². The molecule has 3 N–H and O–H groups in total. The molecule has 0 atom stereocenters. The van der Waals surface area contributed by atoms with Crippen molar-refractivity contribution < 1.29 is 13.2 Å². The van der Waals surface area contributed by atoms with Gasteiger partial charge >= 0.3 is 10.2 Å². The van der Waals surface area contributed by atoms with Crippen LogP contribution in [0.4, 0.5) is 5.69 Å². The third-order valence-electron chi connectivity index (χ3n) is 1.87. The first-order valence-corrected chi connectivity index (χ1v) is 5.87. The zero-order valence-corrected chi connectivity index (χ0v) is 9.78. The Morgan fingerprint density at radius 3 is 2.50 bits per heavy atom. The Morgan fingerprint density at radius 2 is 2.00 bits per heavy atom. The Kier molecular flexibility index (Phi) is 3.51. The molecule has 0 unspecified atom stereocenters. The first-order valence-electron chi connectivity index (χ1n) is 4.43. The maximum absolute atomic E-state index is 11.5. The smallest absolute Gasteiger partial charge is 0.301 e. The minimum atomic E-state index is -3.56. The molecule has 0 aliphatic heterocycles. The molecule has 1 rings (SSSR count). The molecule has 0 fully saturated rings. The van der Waals surface area contributed by atoms with Crippen LogP contribution >= 0.6 is 0 Å². The molecule has 6 nitrogen and oxygen atoms in total. The van der Waals surface area contributed by atoms with Gasteiger partial charge in [-0.1, -0.05) is 6.07 Å². The molecule has 7 heteroatoms. The van der Waals surface area contributed by atoms with Crippen LogP contribution in [-0.4, -0.2) is 32.7 Å². The van der Waals surface area contributed by atoms with Gasteiger partial charge in [0.25, 0.3) is 0 Å². The Hall–Kier alpha value is -1.60. The highest BCUT2D eigenvalue weighted by Gasteiger charge is 2.13. The maximum Gasteiger partial charge on any atom is 0.301 e. The second-order valence-electron chi connectivity index (χ2n) is 3.33. The van der Waals surface area contributed by atoms with Crippen LogP contribution in [0.5, 0.6) is 0 Å². The first-order chi connectivity index (χ1) is 7.33. The lowest BCUT2D eigenvalue weighted by Gasteiger charge is -2.13. The van der Waals surface area contributed by atoms with Crippen LogP contribution in [0.3, 0.4) is 0 Å². The lowest BCUT2D eigenvalue weighted by atomic mass is 10.2. The van der Waals surface area contributed by atoms with E-state index in [1.54, 1.807) is 6.07 Å². The summed E-state index contributed by atoms with van der Waals surface area (Å²) in [5.41, 5.74) is 5.62. The number of amides is 1. The molecule has 1 aromatic rings. The van der Waals surface area contributed by atoms with Gasteiger partial charge in [0.15, 0.2) is 0 Å². The van der Waals surface area contributed by atoms with Gasteiger partial charge in [0.05, 0.1) is 5.69 Å². The van der Waals surface area contributed by atoms with Crippen LogP contribution < -0.4 is 10.5 Å². The Morgan fingerprint density at radius 1 is 1.38 bits per heavy atom. The summed E-state index contributed by atoms with van der Waals surface area (Å²) < 4.78 is 26.3. The molecule has 0 saturated carbocycles. The minimum absolute atomic E-state index is 0.249. The molecule has 0 aromatic heterocycles. The average Bonchev–Trinajstić information content (AvgIpc) is 2.17. The second kappa shape index (κ2) is 4.50. The van der Waals surface area contributed by atoms with E-state index in [9.17, 15) is 13.2 Å². The average molecular weight is 243 g/mol.